The van der Waals surface area contributed by atoms with Crippen molar-refractivity contribution in [2.75, 3.05) is 13.1 Å². The van der Waals surface area contributed by atoms with Gasteiger partial charge in [0.15, 0.2) is 0 Å². The van der Waals surface area contributed by atoms with Gasteiger partial charge in [-0.1, -0.05) is 0 Å². The number of rotatable bonds is 4. The minimum Gasteiger partial charge on any atom is -0.339 e. The molecule has 0 aromatic carbocycles. The van der Waals surface area contributed by atoms with Gasteiger partial charge in [0.1, 0.15) is 0 Å². The van der Waals surface area contributed by atoms with Crippen LogP contribution in [0, 0.1) is 5.92 Å². The summed E-state index contributed by atoms with van der Waals surface area (Å²) in [6.07, 6.45) is 8.08. The molecule has 3 heteroatoms. The number of nitrogens with zero attached hydrogens (tertiary/aromatic N) is 1. The highest BCUT2D eigenvalue weighted by atomic mass is 16.2. The second-order valence-electron chi connectivity index (χ2n) is 4.89. The van der Waals surface area contributed by atoms with E-state index in [4.69, 9.17) is 5.73 Å². The monoisotopic (exact) mass is 210 g/mol. The van der Waals surface area contributed by atoms with Gasteiger partial charge in [-0.3, -0.25) is 4.79 Å². The first kappa shape index (κ1) is 10.9. The van der Waals surface area contributed by atoms with E-state index >= 15 is 0 Å². The van der Waals surface area contributed by atoms with E-state index in [1.807, 2.05) is 0 Å². The highest BCUT2D eigenvalue weighted by molar-refractivity contribution is 5.81. The van der Waals surface area contributed by atoms with Gasteiger partial charge in [-0.15, -0.1) is 0 Å². The third-order valence-corrected chi connectivity index (χ3v) is 3.58. The summed E-state index contributed by atoms with van der Waals surface area (Å²) in [6, 6.07) is 0.496. The smallest absolute Gasteiger partial charge is 0.225 e. The Balaban J connectivity index is 1.89. The number of hydrogen-bond donors (Lipinski definition) is 1. The van der Waals surface area contributed by atoms with E-state index in [-0.39, 0.29) is 0 Å². The lowest BCUT2D eigenvalue weighted by Gasteiger charge is -2.36. The Kier molecular flexibility index (Phi) is 3.62. The van der Waals surface area contributed by atoms with Crippen molar-refractivity contribution in [2.45, 2.75) is 51.0 Å². The second kappa shape index (κ2) is 4.97. The van der Waals surface area contributed by atoms with Gasteiger partial charge in [0.05, 0.1) is 0 Å². The van der Waals surface area contributed by atoms with Crippen molar-refractivity contribution in [1.82, 2.24) is 4.90 Å². The van der Waals surface area contributed by atoms with E-state index < -0.39 is 0 Å². The molecule has 0 aromatic heterocycles. The van der Waals surface area contributed by atoms with E-state index in [9.17, 15) is 4.79 Å². The summed E-state index contributed by atoms with van der Waals surface area (Å²) in [6.45, 7) is 1.74. The van der Waals surface area contributed by atoms with E-state index in [2.05, 4.69) is 4.90 Å². The summed E-state index contributed by atoms with van der Waals surface area (Å²) < 4.78 is 0. The molecule has 0 aromatic rings. The number of hydrogen-bond acceptors (Lipinski definition) is 2. The van der Waals surface area contributed by atoms with Crippen molar-refractivity contribution in [2.24, 2.45) is 11.7 Å². The van der Waals surface area contributed by atoms with Crippen LogP contribution in [0.1, 0.15) is 44.9 Å². The summed E-state index contributed by atoms with van der Waals surface area (Å²) in [5, 5.41) is 0. The molecule has 1 atom stereocenters. The molecule has 1 aliphatic carbocycles. The first-order valence-corrected chi connectivity index (χ1v) is 6.33. The van der Waals surface area contributed by atoms with Crippen LogP contribution >= 0.6 is 0 Å². The quantitative estimate of drug-likeness (QED) is 0.764. The van der Waals surface area contributed by atoms with Crippen LogP contribution in [0.2, 0.25) is 0 Å². The number of carbonyl (C=O) groups excluding carboxylic acids is 1. The summed E-state index contributed by atoms with van der Waals surface area (Å²) >= 11 is 0. The maximum absolute atomic E-state index is 12.0. The van der Waals surface area contributed by atoms with E-state index in [0.29, 0.717) is 17.9 Å². The Morgan fingerprint density at radius 1 is 1.27 bits per heavy atom. The SMILES string of the molecule is NCCCC1CCCCN1C(=O)C1CC1. The second-order valence-corrected chi connectivity index (χ2v) is 4.89. The molecule has 3 nitrogen and oxygen atoms in total. The molecule has 2 N–H and O–H groups in total. The number of piperidine rings is 1. The average Bonchev–Trinajstić information content (AvgIpc) is 3.09. The molecular formula is C12H22N2O. The van der Waals surface area contributed by atoms with Crippen LogP contribution in [0.5, 0.6) is 0 Å². The minimum atomic E-state index is 0.378. The molecule has 1 unspecified atom stereocenters. The molecule has 2 fully saturated rings. The van der Waals surface area contributed by atoms with Gasteiger partial charge in [0.25, 0.3) is 0 Å². The van der Waals surface area contributed by atoms with Gasteiger partial charge in [-0.2, -0.15) is 0 Å². The molecule has 0 spiro atoms. The van der Waals surface area contributed by atoms with Crippen molar-refractivity contribution in [3.8, 4) is 0 Å². The van der Waals surface area contributed by atoms with Crippen molar-refractivity contribution >= 4 is 5.91 Å². The lowest BCUT2D eigenvalue weighted by atomic mass is 9.97. The van der Waals surface area contributed by atoms with Crippen LogP contribution in [0.3, 0.4) is 0 Å². The van der Waals surface area contributed by atoms with Crippen molar-refractivity contribution in [3.05, 3.63) is 0 Å². The van der Waals surface area contributed by atoms with Crippen LogP contribution in [-0.2, 0) is 4.79 Å². The number of carbonyl (C=O) groups is 1. The van der Waals surface area contributed by atoms with Crippen molar-refractivity contribution < 1.29 is 4.79 Å². The van der Waals surface area contributed by atoms with Crippen LogP contribution in [0.25, 0.3) is 0 Å². The summed E-state index contributed by atoms with van der Waals surface area (Å²) in [5.74, 6) is 0.806. The van der Waals surface area contributed by atoms with Gasteiger partial charge in [-0.05, 0) is 51.5 Å². The fourth-order valence-corrected chi connectivity index (χ4v) is 2.51. The predicted octanol–water partition coefficient (Wildman–Crippen LogP) is 1.52. The first-order chi connectivity index (χ1) is 7.33. The summed E-state index contributed by atoms with van der Waals surface area (Å²) in [7, 11) is 0. The standard InChI is InChI=1S/C12H22N2O/c13-8-3-5-11-4-1-2-9-14(11)12(15)10-6-7-10/h10-11H,1-9,13H2. The molecular weight excluding hydrogens is 188 g/mol. The first-order valence-electron chi connectivity index (χ1n) is 6.33. The van der Waals surface area contributed by atoms with Gasteiger partial charge in [0.2, 0.25) is 5.91 Å². The number of likely N-dealkylation sites (tertiary alicyclic amines) is 1. The molecule has 1 amide bonds. The molecule has 2 rings (SSSR count). The van der Waals surface area contributed by atoms with E-state index in [1.54, 1.807) is 0 Å². The fraction of sp³-hybridized carbons (Fsp3) is 0.917. The van der Waals surface area contributed by atoms with E-state index in [1.165, 1.54) is 19.3 Å². The third-order valence-electron chi connectivity index (χ3n) is 3.58. The normalized spacial score (nSPS) is 26.7. The molecule has 1 heterocycles. The molecule has 86 valence electrons. The Morgan fingerprint density at radius 3 is 2.73 bits per heavy atom. The van der Waals surface area contributed by atoms with Gasteiger partial charge < -0.3 is 10.6 Å². The van der Waals surface area contributed by atoms with Crippen LogP contribution in [0.4, 0.5) is 0 Å². The Labute approximate surface area is 92.0 Å². The zero-order chi connectivity index (χ0) is 10.7. The van der Waals surface area contributed by atoms with Gasteiger partial charge >= 0.3 is 0 Å². The van der Waals surface area contributed by atoms with Gasteiger partial charge in [0, 0.05) is 18.5 Å². The maximum atomic E-state index is 12.0. The fourth-order valence-electron chi connectivity index (χ4n) is 2.51. The lowest BCUT2D eigenvalue weighted by molar-refractivity contribution is -0.136. The predicted molar refractivity (Wildman–Crippen MR) is 60.4 cm³/mol. The van der Waals surface area contributed by atoms with Gasteiger partial charge in [-0.25, -0.2) is 0 Å². The highest BCUT2D eigenvalue weighted by Gasteiger charge is 2.36. The molecule has 2 aliphatic rings. The molecule has 0 bridgehead atoms. The average molecular weight is 210 g/mol. The van der Waals surface area contributed by atoms with Crippen molar-refractivity contribution in [3.63, 3.8) is 0 Å². The molecule has 1 saturated heterocycles. The van der Waals surface area contributed by atoms with Crippen molar-refractivity contribution in [1.29, 1.82) is 0 Å². The van der Waals surface area contributed by atoms with E-state index in [0.717, 1.165) is 38.8 Å². The summed E-state index contributed by atoms with van der Waals surface area (Å²) in [4.78, 5) is 14.2. The Bertz CT molecular complexity index is 226. The summed E-state index contributed by atoms with van der Waals surface area (Å²) in [5.41, 5.74) is 5.54. The molecule has 1 aliphatic heterocycles. The largest absolute Gasteiger partial charge is 0.339 e. The Morgan fingerprint density at radius 2 is 2.07 bits per heavy atom. The van der Waals surface area contributed by atoms with Crippen LogP contribution < -0.4 is 5.73 Å². The molecule has 0 radical (unpaired) electrons. The highest BCUT2D eigenvalue weighted by Crippen LogP contribution is 2.33. The maximum Gasteiger partial charge on any atom is 0.225 e. The Hall–Kier alpha value is -0.570. The van der Waals surface area contributed by atoms with Crippen LogP contribution in [-0.4, -0.2) is 29.9 Å². The third kappa shape index (κ3) is 2.71. The molecule has 1 saturated carbocycles. The van der Waals surface area contributed by atoms with Crippen LogP contribution in [0.15, 0.2) is 0 Å². The lowest BCUT2D eigenvalue weighted by Crippen LogP contribution is -2.44. The molecule has 15 heavy (non-hydrogen) atoms. The number of nitrogens with two attached hydrogens (primary N) is 1. The zero-order valence-corrected chi connectivity index (χ0v) is 9.45. The topological polar surface area (TPSA) is 46.3 Å². The minimum absolute atomic E-state index is 0.378. The number of amides is 1. The zero-order valence-electron chi connectivity index (χ0n) is 9.45.